The number of aliphatic hydroxyl groups is 1. The van der Waals surface area contributed by atoms with E-state index in [0.29, 0.717) is 12.8 Å². The zero-order valence-electron chi connectivity index (χ0n) is 31.0. The topological polar surface area (TPSA) is 169 Å². The normalized spacial score (nSPS) is 13.9. The van der Waals surface area contributed by atoms with Crippen LogP contribution in [0, 0.1) is 0 Å². The summed E-state index contributed by atoms with van der Waals surface area (Å²) in [6.07, 6.45) is 28.6. The van der Waals surface area contributed by atoms with Gasteiger partial charge in [-0.05, 0) is 12.8 Å². The SMILES string of the molecule is CCCCCCCCCCCCCCCCCCC(=O)OCC(O)COP(=O)(O)OCC(NC(=O)CCCCCCCCCCC)C(=O)O. The number of phosphoric acid groups is 1. The smallest absolute Gasteiger partial charge is 0.472 e. The Bertz CT molecular complexity index is 859. The number of aliphatic hydroxyl groups excluding tert-OH is 1. The van der Waals surface area contributed by atoms with E-state index in [0.717, 1.165) is 38.5 Å². The summed E-state index contributed by atoms with van der Waals surface area (Å²) in [5.41, 5.74) is 0. The number of carbonyl (C=O) groups excluding carboxylic acids is 2. The Morgan fingerprint density at radius 3 is 1.35 bits per heavy atom. The van der Waals surface area contributed by atoms with Crippen molar-refractivity contribution in [2.75, 3.05) is 19.8 Å². The fraction of sp³-hybridized carbons (Fsp3) is 0.919. The number of carboxylic acids is 1. The lowest BCUT2D eigenvalue weighted by molar-refractivity contribution is -0.147. The van der Waals surface area contributed by atoms with E-state index in [-0.39, 0.29) is 12.8 Å². The molecule has 0 aromatic heterocycles. The molecule has 0 aliphatic carbocycles. The molecule has 1 amide bonds. The molecule has 290 valence electrons. The Morgan fingerprint density at radius 2 is 0.939 bits per heavy atom. The first kappa shape index (κ1) is 47.5. The maximum Gasteiger partial charge on any atom is 0.472 e. The maximum absolute atomic E-state index is 12.2. The van der Waals surface area contributed by atoms with Gasteiger partial charge in [-0.15, -0.1) is 0 Å². The highest BCUT2D eigenvalue weighted by Gasteiger charge is 2.28. The average Bonchev–Trinajstić information content (AvgIpc) is 3.07. The predicted octanol–water partition coefficient (Wildman–Crippen LogP) is 9.17. The Labute approximate surface area is 297 Å². The van der Waals surface area contributed by atoms with Crippen LogP contribution in [0.15, 0.2) is 0 Å². The molecule has 49 heavy (non-hydrogen) atoms. The molecule has 0 saturated carbocycles. The minimum Gasteiger partial charge on any atom is -0.480 e. The lowest BCUT2D eigenvalue weighted by Gasteiger charge is -2.18. The van der Waals surface area contributed by atoms with Gasteiger partial charge >= 0.3 is 19.8 Å². The lowest BCUT2D eigenvalue weighted by Crippen LogP contribution is -2.43. The summed E-state index contributed by atoms with van der Waals surface area (Å²) in [6, 6.07) is -1.54. The maximum atomic E-state index is 12.2. The van der Waals surface area contributed by atoms with Gasteiger partial charge in [0, 0.05) is 12.8 Å². The van der Waals surface area contributed by atoms with Crippen molar-refractivity contribution in [2.45, 2.75) is 199 Å². The van der Waals surface area contributed by atoms with Gasteiger partial charge in [0.25, 0.3) is 0 Å². The zero-order chi connectivity index (χ0) is 36.4. The number of carboxylic acid groups (broad SMARTS) is 1. The van der Waals surface area contributed by atoms with Gasteiger partial charge < -0.3 is 25.2 Å². The van der Waals surface area contributed by atoms with Crippen LogP contribution in [-0.2, 0) is 32.7 Å². The van der Waals surface area contributed by atoms with E-state index in [4.69, 9.17) is 13.8 Å². The summed E-state index contributed by atoms with van der Waals surface area (Å²) >= 11 is 0. The van der Waals surface area contributed by atoms with E-state index in [1.165, 1.54) is 109 Å². The number of nitrogens with one attached hydrogen (secondary N) is 1. The van der Waals surface area contributed by atoms with Crippen molar-refractivity contribution in [1.82, 2.24) is 5.32 Å². The molecular formula is C37H72NO10P. The first-order valence-corrected chi connectivity index (χ1v) is 21.1. The summed E-state index contributed by atoms with van der Waals surface area (Å²) in [6.45, 7) is 2.56. The molecule has 0 radical (unpaired) electrons. The molecule has 12 heteroatoms. The van der Waals surface area contributed by atoms with Crippen molar-refractivity contribution in [3.63, 3.8) is 0 Å². The van der Waals surface area contributed by atoms with Crippen LogP contribution in [0.3, 0.4) is 0 Å². The standard InChI is InChI=1S/C37H72NO10P/c1-3-5-7-9-11-13-14-15-16-17-18-19-21-23-25-27-29-36(41)46-30-33(39)31-47-49(44,45)48-32-34(37(42)43)38-35(40)28-26-24-22-20-12-10-8-6-4-2/h33-34,39H,3-32H2,1-2H3,(H,38,40)(H,42,43)(H,44,45). The van der Waals surface area contributed by atoms with Crippen LogP contribution < -0.4 is 5.32 Å². The molecule has 0 aromatic rings. The average molecular weight is 722 g/mol. The number of unbranched alkanes of at least 4 members (excludes halogenated alkanes) is 23. The third kappa shape index (κ3) is 33.4. The van der Waals surface area contributed by atoms with Crippen LogP contribution in [0.1, 0.15) is 187 Å². The van der Waals surface area contributed by atoms with Crippen LogP contribution >= 0.6 is 7.82 Å². The summed E-state index contributed by atoms with van der Waals surface area (Å²) < 4.78 is 26.7. The first-order valence-electron chi connectivity index (χ1n) is 19.6. The molecule has 3 unspecified atom stereocenters. The molecular weight excluding hydrogens is 649 g/mol. The van der Waals surface area contributed by atoms with E-state index < -0.39 is 57.6 Å². The molecule has 0 fully saturated rings. The number of ether oxygens (including phenoxy) is 1. The van der Waals surface area contributed by atoms with Crippen molar-refractivity contribution < 1.29 is 47.8 Å². The van der Waals surface area contributed by atoms with Crippen molar-refractivity contribution in [3.05, 3.63) is 0 Å². The molecule has 3 atom stereocenters. The van der Waals surface area contributed by atoms with Crippen LogP contribution in [-0.4, -0.2) is 64.9 Å². The van der Waals surface area contributed by atoms with Crippen molar-refractivity contribution in [3.8, 4) is 0 Å². The largest absolute Gasteiger partial charge is 0.480 e. The van der Waals surface area contributed by atoms with E-state index in [2.05, 4.69) is 19.2 Å². The number of esters is 1. The van der Waals surface area contributed by atoms with E-state index in [9.17, 15) is 34.1 Å². The van der Waals surface area contributed by atoms with Gasteiger partial charge in [0.15, 0.2) is 6.04 Å². The van der Waals surface area contributed by atoms with Crippen LogP contribution in [0.5, 0.6) is 0 Å². The van der Waals surface area contributed by atoms with Crippen molar-refractivity contribution in [2.24, 2.45) is 0 Å². The van der Waals surface area contributed by atoms with Gasteiger partial charge in [0.1, 0.15) is 12.7 Å². The van der Waals surface area contributed by atoms with E-state index >= 15 is 0 Å². The Hall–Kier alpha value is -1.52. The summed E-state index contributed by atoms with van der Waals surface area (Å²) in [4.78, 5) is 45.6. The Balaban J connectivity index is 3.88. The summed E-state index contributed by atoms with van der Waals surface area (Å²) in [5, 5.41) is 21.7. The second-order valence-corrected chi connectivity index (χ2v) is 14.9. The van der Waals surface area contributed by atoms with Gasteiger partial charge in [-0.3, -0.25) is 18.6 Å². The van der Waals surface area contributed by atoms with Crippen LogP contribution in [0.4, 0.5) is 0 Å². The number of carbonyl (C=O) groups is 3. The molecule has 0 heterocycles. The van der Waals surface area contributed by atoms with Crippen molar-refractivity contribution >= 4 is 25.7 Å². The number of rotatable bonds is 37. The highest BCUT2D eigenvalue weighted by molar-refractivity contribution is 7.47. The minimum atomic E-state index is -4.74. The number of phosphoric ester groups is 1. The van der Waals surface area contributed by atoms with Crippen molar-refractivity contribution in [1.29, 1.82) is 0 Å². The Morgan fingerprint density at radius 1 is 0.571 bits per heavy atom. The van der Waals surface area contributed by atoms with Crippen LogP contribution in [0.2, 0.25) is 0 Å². The number of aliphatic carboxylic acids is 1. The molecule has 11 nitrogen and oxygen atoms in total. The highest BCUT2D eigenvalue weighted by Crippen LogP contribution is 2.43. The fourth-order valence-electron chi connectivity index (χ4n) is 5.55. The Kier molecular flexibility index (Phi) is 32.6. The van der Waals surface area contributed by atoms with Gasteiger partial charge in [-0.2, -0.15) is 0 Å². The molecule has 0 saturated heterocycles. The minimum absolute atomic E-state index is 0.150. The summed E-state index contributed by atoms with van der Waals surface area (Å²) in [5.74, 6) is -2.36. The number of hydrogen-bond donors (Lipinski definition) is 4. The molecule has 0 aliphatic heterocycles. The lowest BCUT2D eigenvalue weighted by atomic mass is 10.0. The predicted molar refractivity (Wildman–Crippen MR) is 194 cm³/mol. The number of hydrogen-bond acceptors (Lipinski definition) is 8. The second-order valence-electron chi connectivity index (χ2n) is 13.5. The van der Waals surface area contributed by atoms with E-state index in [1.807, 2.05) is 0 Å². The first-order chi connectivity index (χ1) is 23.6. The molecule has 0 aliphatic rings. The molecule has 0 spiro atoms. The fourth-order valence-corrected chi connectivity index (χ4v) is 6.32. The molecule has 0 bridgehead atoms. The zero-order valence-corrected chi connectivity index (χ0v) is 31.9. The quantitative estimate of drug-likeness (QED) is 0.0276. The van der Waals surface area contributed by atoms with Crippen LogP contribution in [0.25, 0.3) is 0 Å². The van der Waals surface area contributed by atoms with Gasteiger partial charge in [-0.25, -0.2) is 9.36 Å². The monoisotopic (exact) mass is 721 g/mol. The number of amides is 1. The highest BCUT2D eigenvalue weighted by atomic mass is 31.2. The third-order valence-corrected chi connectivity index (χ3v) is 9.60. The summed E-state index contributed by atoms with van der Waals surface area (Å²) in [7, 11) is -4.74. The third-order valence-electron chi connectivity index (χ3n) is 8.65. The van der Waals surface area contributed by atoms with Gasteiger partial charge in [-0.1, -0.05) is 162 Å². The van der Waals surface area contributed by atoms with Gasteiger partial charge in [0.2, 0.25) is 5.91 Å². The van der Waals surface area contributed by atoms with Gasteiger partial charge in [0.05, 0.1) is 13.2 Å². The van der Waals surface area contributed by atoms with E-state index in [1.54, 1.807) is 0 Å². The second kappa shape index (κ2) is 33.6. The molecule has 0 rings (SSSR count). The molecule has 4 N–H and O–H groups in total. The molecule has 0 aromatic carbocycles.